The number of carboxylic acids is 1. The molecule has 0 aromatic carbocycles. The van der Waals surface area contributed by atoms with Crippen LogP contribution in [0.2, 0.25) is 0 Å². The van der Waals surface area contributed by atoms with Crippen LogP contribution in [0, 0.1) is 0 Å². The van der Waals surface area contributed by atoms with Crippen LogP contribution in [0.1, 0.15) is 0 Å². The molecule has 0 saturated heterocycles. The molecule has 0 radical (unpaired) electrons. The van der Waals surface area contributed by atoms with Crippen LogP contribution in [0.3, 0.4) is 0 Å². The number of carbonyl (C=O) groups is 1. The Kier molecular flexibility index (Phi) is 5.79. The van der Waals surface area contributed by atoms with Crippen molar-refractivity contribution in [2.75, 3.05) is 0 Å². The summed E-state index contributed by atoms with van der Waals surface area (Å²) in [5, 5.41) is 9.49. The van der Waals surface area contributed by atoms with Gasteiger partial charge in [-0.05, 0) is 0 Å². The van der Waals surface area contributed by atoms with Gasteiger partial charge in [-0.15, -0.1) is 0 Å². The number of aliphatic carboxylic acids is 1. The average molecular weight is 421 g/mol. The number of hydrogen-bond acceptors (Lipinski definition) is 2. The van der Waals surface area contributed by atoms with Crippen molar-refractivity contribution in [2.24, 2.45) is 0 Å². The van der Waals surface area contributed by atoms with Crippen LogP contribution < -0.4 is 5.11 Å². The first kappa shape index (κ1) is 21.7. The first-order valence-electron chi connectivity index (χ1n) is 3.74. The summed E-state index contributed by atoms with van der Waals surface area (Å²) in [7, 11) is 0. The minimum absolute atomic E-state index is 0. The normalized spacial score (nSPS) is 14.8. The Morgan fingerprint density at radius 3 is 1.15 bits per heavy atom. The second-order valence-electron chi connectivity index (χ2n) is 3.08. The van der Waals surface area contributed by atoms with Gasteiger partial charge in [0.15, 0.2) is 0 Å². The fourth-order valence-corrected chi connectivity index (χ4v) is 0.701. The third-order valence-corrected chi connectivity index (χ3v) is 1.80. The molecule has 0 amide bonds. The van der Waals surface area contributed by atoms with Gasteiger partial charge in [0.05, 0.1) is 0 Å². The maximum Gasteiger partial charge on any atom is 1.00 e. The van der Waals surface area contributed by atoms with Crippen LogP contribution in [-0.4, -0.2) is 35.8 Å². The number of halogens is 11. The molecule has 0 atom stereocenters. The van der Waals surface area contributed by atoms with Gasteiger partial charge in [-0.1, -0.05) is 0 Å². The molecule has 0 fully saturated rings. The molecule has 0 aliphatic carbocycles. The summed E-state index contributed by atoms with van der Waals surface area (Å²) >= 11 is 0. The van der Waals surface area contributed by atoms with E-state index in [1.807, 2.05) is 0 Å². The Morgan fingerprint density at radius 1 is 0.650 bits per heavy atom. The topological polar surface area (TPSA) is 40.1 Å². The van der Waals surface area contributed by atoms with Gasteiger partial charge >= 0.3 is 52.2 Å². The number of hydrogen-bond donors (Lipinski definition) is 0. The fourth-order valence-electron chi connectivity index (χ4n) is 0.701. The van der Waals surface area contributed by atoms with Gasteiger partial charge in [0.2, 0.25) is 0 Å². The van der Waals surface area contributed by atoms with E-state index in [0.29, 0.717) is 0 Å². The molecule has 0 saturated carbocycles. The van der Waals surface area contributed by atoms with Gasteiger partial charge < -0.3 is 9.90 Å². The van der Waals surface area contributed by atoms with Gasteiger partial charge in [0, 0.05) is 0 Å². The zero-order valence-electron chi connectivity index (χ0n) is 8.28. The van der Waals surface area contributed by atoms with Gasteiger partial charge in [0.25, 0.3) is 0 Å². The number of carbonyl (C=O) groups excluding carboxylic acids is 1. The molecule has 2 nitrogen and oxygen atoms in total. The summed E-state index contributed by atoms with van der Waals surface area (Å²) in [6.45, 7) is 0. The van der Waals surface area contributed by atoms with Crippen LogP contribution in [-0.2, 0) is 27.2 Å². The molecule has 0 aliphatic rings. The van der Waals surface area contributed by atoms with Gasteiger partial charge in [-0.25, -0.2) is 0 Å². The van der Waals surface area contributed by atoms with Gasteiger partial charge in [-0.2, -0.15) is 48.3 Å². The summed E-state index contributed by atoms with van der Waals surface area (Å²) in [4.78, 5) is 9.49. The van der Waals surface area contributed by atoms with Crippen molar-refractivity contribution in [3.63, 3.8) is 0 Å². The summed E-state index contributed by atoms with van der Waals surface area (Å²) < 4.78 is 132. The molecule has 0 spiro atoms. The van der Waals surface area contributed by atoms with E-state index in [4.69, 9.17) is 0 Å². The van der Waals surface area contributed by atoms with Crippen LogP contribution in [0.15, 0.2) is 0 Å². The van der Waals surface area contributed by atoms with E-state index in [2.05, 4.69) is 0 Å². The summed E-state index contributed by atoms with van der Waals surface area (Å²) in [6, 6.07) is 0. The molecule has 0 aliphatic heterocycles. The van der Waals surface area contributed by atoms with Crippen LogP contribution in [0.4, 0.5) is 48.3 Å². The van der Waals surface area contributed by atoms with Crippen molar-refractivity contribution < 1.29 is 80.6 Å². The quantitative estimate of drug-likeness (QED) is 0.514. The van der Waals surface area contributed by atoms with Crippen LogP contribution in [0.5, 0.6) is 0 Å². The fraction of sp³-hybridized carbons (Fsp3) is 0.833. The zero-order valence-corrected chi connectivity index (χ0v) is 9.76. The van der Waals surface area contributed by atoms with E-state index < -0.39 is 35.8 Å². The number of carboxylic acid groups (broad SMARTS) is 1. The summed E-state index contributed by atoms with van der Waals surface area (Å²) in [5.74, 6) is -34.1. The predicted octanol–water partition coefficient (Wildman–Crippen LogP) is 1.84. The maximum atomic E-state index is 12.4. The first-order chi connectivity index (χ1) is 7.94. The van der Waals surface area contributed by atoms with E-state index in [1.165, 1.54) is 0 Å². The van der Waals surface area contributed by atoms with Crippen molar-refractivity contribution in [2.45, 2.75) is 29.9 Å². The van der Waals surface area contributed by atoms with Crippen molar-refractivity contribution in [3.05, 3.63) is 0 Å². The second kappa shape index (κ2) is 5.33. The Labute approximate surface area is 117 Å². The van der Waals surface area contributed by atoms with Crippen molar-refractivity contribution in [3.8, 4) is 0 Å². The Hall–Kier alpha value is -0.560. The van der Waals surface area contributed by atoms with Crippen molar-refractivity contribution in [1.29, 1.82) is 0 Å². The summed E-state index contributed by atoms with van der Waals surface area (Å²) in [6.07, 6.45) is -7.32. The Morgan fingerprint density at radius 2 is 0.950 bits per heavy atom. The molecule has 20 heavy (non-hydrogen) atoms. The summed E-state index contributed by atoms with van der Waals surface area (Å²) in [5.41, 5.74) is 0. The van der Waals surface area contributed by atoms with E-state index in [9.17, 15) is 58.2 Å². The molecular weight excluding hydrogens is 421 g/mol. The molecular formula is C6AgF11O2. The minimum Gasteiger partial charge on any atom is -0.544 e. The monoisotopic (exact) mass is 420 g/mol. The average Bonchev–Trinajstić information content (AvgIpc) is 2.14. The number of rotatable bonds is 4. The molecule has 0 rings (SSSR count). The largest absolute Gasteiger partial charge is 1.00 e. The zero-order chi connectivity index (χ0) is 16.1. The Balaban J connectivity index is 0. The molecule has 124 valence electrons. The van der Waals surface area contributed by atoms with Gasteiger partial charge in [-0.3, -0.25) is 0 Å². The number of alkyl halides is 11. The molecule has 0 bridgehead atoms. The minimum atomic E-state index is -7.72. The van der Waals surface area contributed by atoms with Crippen molar-refractivity contribution >= 4 is 5.97 Å². The van der Waals surface area contributed by atoms with Crippen molar-refractivity contribution in [1.82, 2.24) is 0 Å². The first-order valence-corrected chi connectivity index (χ1v) is 3.74. The van der Waals surface area contributed by atoms with Gasteiger partial charge in [0.1, 0.15) is 5.97 Å². The van der Waals surface area contributed by atoms with E-state index in [1.54, 1.807) is 0 Å². The third kappa shape index (κ3) is 2.74. The molecule has 0 aromatic rings. The van der Waals surface area contributed by atoms with Crippen LogP contribution >= 0.6 is 0 Å². The smallest absolute Gasteiger partial charge is 0.544 e. The van der Waals surface area contributed by atoms with Crippen LogP contribution in [0.25, 0.3) is 0 Å². The molecule has 14 heteroatoms. The SMILES string of the molecule is O=C([O-])C(F)(F)C(F)(F)C(F)(F)C(F)(F)C(F)(F)F.[Ag+]. The van der Waals surface area contributed by atoms with E-state index in [-0.39, 0.29) is 22.4 Å². The van der Waals surface area contributed by atoms with E-state index >= 15 is 0 Å². The standard InChI is InChI=1S/C6HF11O2.Ag/c7-2(8,1(18)19)3(9,10)4(11,12)5(13,14)6(15,16)17;/h(H,18,19);/q;+1/p-1. The third-order valence-electron chi connectivity index (χ3n) is 1.80. The molecule has 0 N–H and O–H groups in total. The molecule has 0 aromatic heterocycles. The van der Waals surface area contributed by atoms with E-state index in [0.717, 1.165) is 0 Å². The molecule has 0 unspecified atom stereocenters. The molecule has 0 heterocycles. The predicted molar refractivity (Wildman–Crippen MR) is 30.9 cm³/mol. The maximum absolute atomic E-state index is 12.4. The Bertz CT molecular complexity index is 374. The second-order valence-corrected chi connectivity index (χ2v) is 3.08.